The Kier molecular flexibility index (Phi) is 8.83. The SMILES string of the molecule is CCCCN1C(=O)C(=O)/C(=C(\O)c2ccc(OCC)c(C(C)(C)C)c2)C1c1ccc(OCCC)cc1. The van der Waals surface area contributed by atoms with Crippen molar-refractivity contribution in [2.45, 2.75) is 72.3 Å². The number of amides is 1. The summed E-state index contributed by atoms with van der Waals surface area (Å²) in [6, 6.07) is 12.2. The molecule has 0 radical (unpaired) electrons. The van der Waals surface area contributed by atoms with E-state index in [4.69, 9.17) is 9.47 Å². The van der Waals surface area contributed by atoms with Gasteiger partial charge in [0, 0.05) is 17.7 Å². The van der Waals surface area contributed by atoms with Gasteiger partial charge in [-0.1, -0.05) is 53.2 Å². The maximum Gasteiger partial charge on any atom is 0.295 e. The van der Waals surface area contributed by atoms with Crippen molar-refractivity contribution in [3.63, 3.8) is 0 Å². The molecule has 0 saturated carbocycles. The van der Waals surface area contributed by atoms with E-state index in [-0.39, 0.29) is 16.7 Å². The van der Waals surface area contributed by atoms with Gasteiger partial charge in [-0.3, -0.25) is 9.59 Å². The standard InChI is InChI=1S/C30H39NO5/c1-7-10-17-31-26(20-11-14-22(15-12-20)36-18-8-2)25(28(33)29(31)34)27(32)21-13-16-24(35-9-3)23(19-21)30(4,5)6/h11-16,19,26,32H,7-10,17-18H2,1-6H3/b27-25-. The Morgan fingerprint density at radius 3 is 2.25 bits per heavy atom. The largest absolute Gasteiger partial charge is 0.507 e. The molecule has 6 heteroatoms. The minimum Gasteiger partial charge on any atom is -0.507 e. The first-order valence-corrected chi connectivity index (χ1v) is 12.9. The summed E-state index contributed by atoms with van der Waals surface area (Å²) in [5.41, 5.74) is 2.04. The van der Waals surface area contributed by atoms with E-state index in [1.807, 2.05) is 57.2 Å². The summed E-state index contributed by atoms with van der Waals surface area (Å²) >= 11 is 0. The van der Waals surface area contributed by atoms with Crippen LogP contribution in [0.15, 0.2) is 48.0 Å². The van der Waals surface area contributed by atoms with Gasteiger partial charge in [0.2, 0.25) is 0 Å². The molecule has 0 aliphatic carbocycles. The number of carbonyl (C=O) groups is 2. The van der Waals surface area contributed by atoms with E-state index in [1.165, 1.54) is 0 Å². The van der Waals surface area contributed by atoms with E-state index in [0.29, 0.717) is 25.3 Å². The van der Waals surface area contributed by atoms with Crippen LogP contribution >= 0.6 is 0 Å². The highest BCUT2D eigenvalue weighted by Gasteiger charge is 2.45. The van der Waals surface area contributed by atoms with Crippen LogP contribution in [0.25, 0.3) is 5.76 Å². The van der Waals surface area contributed by atoms with Crippen LogP contribution in [-0.2, 0) is 15.0 Å². The first-order valence-electron chi connectivity index (χ1n) is 12.9. The number of carbonyl (C=O) groups excluding carboxylic acids is 2. The van der Waals surface area contributed by atoms with Crippen LogP contribution < -0.4 is 9.47 Å². The molecule has 1 N–H and O–H groups in total. The highest BCUT2D eigenvalue weighted by atomic mass is 16.5. The molecule has 194 valence electrons. The van der Waals surface area contributed by atoms with Crippen LogP contribution in [0.3, 0.4) is 0 Å². The van der Waals surface area contributed by atoms with Gasteiger partial charge in [-0.15, -0.1) is 0 Å². The molecule has 6 nitrogen and oxygen atoms in total. The van der Waals surface area contributed by atoms with Gasteiger partial charge in [-0.2, -0.15) is 0 Å². The van der Waals surface area contributed by atoms with Crippen molar-refractivity contribution < 1.29 is 24.2 Å². The van der Waals surface area contributed by atoms with Gasteiger partial charge in [0.15, 0.2) is 0 Å². The number of nitrogens with zero attached hydrogens (tertiary/aromatic N) is 1. The lowest BCUT2D eigenvalue weighted by Crippen LogP contribution is -2.30. The third-order valence-corrected chi connectivity index (χ3v) is 6.32. The van der Waals surface area contributed by atoms with E-state index in [1.54, 1.807) is 11.0 Å². The molecular weight excluding hydrogens is 454 g/mol. The normalized spacial score (nSPS) is 17.5. The van der Waals surface area contributed by atoms with Crippen molar-refractivity contribution in [1.29, 1.82) is 0 Å². The Morgan fingerprint density at radius 1 is 0.972 bits per heavy atom. The zero-order valence-corrected chi connectivity index (χ0v) is 22.4. The Balaban J connectivity index is 2.14. The molecule has 1 aliphatic heterocycles. The second kappa shape index (κ2) is 11.6. The number of ketones is 1. The number of rotatable bonds is 10. The first-order chi connectivity index (χ1) is 17.1. The average Bonchev–Trinajstić information content (AvgIpc) is 3.10. The first kappa shape index (κ1) is 27.3. The lowest BCUT2D eigenvalue weighted by molar-refractivity contribution is -0.139. The number of ether oxygens (including phenoxy) is 2. The molecular formula is C30H39NO5. The maximum atomic E-state index is 13.3. The molecule has 1 heterocycles. The molecule has 1 unspecified atom stereocenters. The van der Waals surface area contributed by atoms with Gasteiger partial charge in [-0.05, 0) is 61.1 Å². The van der Waals surface area contributed by atoms with Crippen molar-refractivity contribution in [2.24, 2.45) is 0 Å². The Hall–Kier alpha value is -3.28. The molecule has 1 saturated heterocycles. The van der Waals surface area contributed by atoms with Crippen LogP contribution in [0.1, 0.15) is 83.5 Å². The second-order valence-corrected chi connectivity index (χ2v) is 10.2. The Bertz CT molecular complexity index is 1110. The van der Waals surface area contributed by atoms with Crippen LogP contribution in [0.2, 0.25) is 0 Å². The quantitative estimate of drug-likeness (QED) is 0.236. The highest BCUT2D eigenvalue weighted by molar-refractivity contribution is 6.46. The zero-order valence-electron chi connectivity index (χ0n) is 22.4. The van der Waals surface area contributed by atoms with Crippen molar-refractivity contribution >= 4 is 17.4 Å². The Morgan fingerprint density at radius 2 is 1.67 bits per heavy atom. The molecule has 1 aliphatic rings. The number of hydrogen-bond acceptors (Lipinski definition) is 5. The number of hydrogen-bond donors (Lipinski definition) is 1. The molecule has 3 rings (SSSR count). The third-order valence-electron chi connectivity index (χ3n) is 6.32. The Labute approximate surface area is 214 Å². The fourth-order valence-corrected chi connectivity index (χ4v) is 4.45. The molecule has 2 aromatic carbocycles. The maximum absolute atomic E-state index is 13.3. The molecule has 0 spiro atoms. The number of Topliss-reactive ketones (excluding diaryl/α,β-unsaturated/α-hetero) is 1. The minimum atomic E-state index is -0.665. The summed E-state index contributed by atoms with van der Waals surface area (Å²) < 4.78 is 11.5. The van der Waals surface area contributed by atoms with Crippen molar-refractivity contribution in [2.75, 3.05) is 19.8 Å². The van der Waals surface area contributed by atoms with Gasteiger partial charge >= 0.3 is 0 Å². The highest BCUT2D eigenvalue weighted by Crippen LogP contribution is 2.41. The van der Waals surface area contributed by atoms with Crippen molar-refractivity contribution in [3.05, 3.63) is 64.7 Å². The van der Waals surface area contributed by atoms with E-state index < -0.39 is 17.7 Å². The van der Waals surface area contributed by atoms with Crippen LogP contribution in [0.4, 0.5) is 0 Å². The molecule has 0 bridgehead atoms. The summed E-state index contributed by atoms with van der Waals surface area (Å²) in [7, 11) is 0. The zero-order chi connectivity index (χ0) is 26.5. The predicted molar refractivity (Wildman–Crippen MR) is 142 cm³/mol. The summed E-state index contributed by atoms with van der Waals surface area (Å²) in [6.45, 7) is 13.8. The lowest BCUT2D eigenvalue weighted by Gasteiger charge is -2.26. The van der Waals surface area contributed by atoms with Crippen LogP contribution in [0.5, 0.6) is 11.5 Å². The van der Waals surface area contributed by atoms with Gasteiger partial charge in [0.1, 0.15) is 17.3 Å². The van der Waals surface area contributed by atoms with Gasteiger partial charge in [0.25, 0.3) is 11.7 Å². The molecule has 1 fully saturated rings. The number of aliphatic hydroxyl groups excluding tert-OH is 1. The van der Waals surface area contributed by atoms with Crippen molar-refractivity contribution in [1.82, 2.24) is 4.90 Å². The minimum absolute atomic E-state index is 0.113. The average molecular weight is 494 g/mol. The van der Waals surface area contributed by atoms with E-state index in [2.05, 4.69) is 20.8 Å². The van der Waals surface area contributed by atoms with Gasteiger partial charge in [-0.25, -0.2) is 0 Å². The molecule has 0 aromatic heterocycles. The summed E-state index contributed by atoms with van der Waals surface area (Å²) in [4.78, 5) is 28.0. The molecule has 36 heavy (non-hydrogen) atoms. The molecule has 2 aromatic rings. The monoisotopic (exact) mass is 493 g/mol. The fourth-order valence-electron chi connectivity index (χ4n) is 4.45. The summed E-state index contributed by atoms with van der Waals surface area (Å²) in [5, 5.41) is 11.5. The van der Waals surface area contributed by atoms with Crippen LogP contribution in [0, 0.1) is 0 Å². The number of aliphatic hydroxyl groups is 1. The fraction of sp³-hybridized carbons (Fsp3) is 0.467. The van der Waals surface area contributed by atoms with Crippen LogP contribution in [-0.4, -0.2) is 41.5 Å². The van der Waals surface area contributed by atoms with E-state index in [0.717, 1.165) is 41.9 Å². The van der Waals surface area contributed by atoms with Crippen molar-refractivity contribution in [3.8, 4) is 11.5 Å². The lowest BCUT2D eigenvalue weighted by atomic mass is 9.84. The predicted octanol–water partition coefficient (Wildman–Crippen LogP) is 6.39. The molecule has 1 amide bonds. The van der Waals surface area contributed by atoms with Gasteiger partial charge < -0.3 is 19.5 Å². The molecule has 1 atom stereocenters. The second-order valence-electron chi connectivity index (χ2n) is 10.2. The third kappa shape index (κ3) is 5.75. The number of benzene rings is 2. The number of likely N-dealkylation sites (tertiary alicyclic amines) is 1. The summed E-state index contributed by atoms with van der Waals surface area (Å²) in [6.07, 6.45) is 2.55. The number of unbranched alkanes of at least 4 members (excludes halogenated alkanes) is 1. The van der Waals surface area contributed by atoms with Gasteiger partial charge in [0.05, 0.1) is 24.8 Å². The smallest absolute Gasteiger partial charge is 0.295 e. The van der Waals surface area contributed by atoms with E-state index in [9.17, 15) is 14.7 Å². The topological polar surface area (TPSA) is 76.1 Å². The summed E-state index contributed by atoms with van der Waals surface area (Å²) in [5.74, 6) is 0.0585. The van der Waals surface area contributed by atoms with E-state index >= 15 is 0 Å².